The number of hydrogen-bond donors (Lipinski definition) is 0. The minimum atomic E-state index is -0.804. The highest BCUT2D eigenvalue weighted by atomic mass is 35.5. The van der Waals surface area contributed by atoms with Crippen molar-refractivity contribution in [3.63, 3.8) is 0 Å². The van der Waals surface area contributed by atoms with Crippen molar-refractivity contribution in [3.8, 4) is 0 Å². The summed E-state index contributed by atoms with van der Waals surface area (Å²) < 4.78 is 0. The van der Waals surface area contributed by atoms with Gasteiger partial charge < -0.3 is 4.90 Å². The maximum Gasteiger partial charge on any atom is 0.261 e. The van der Waals surface area contributed by atoms with Crippen molar-refractivity contribution in [2.75, 3.05) is 30.6 Å². The molecule has 2 aliphatic rings. The minimum absolute atomic E-state index is 0.185. The average molecular weight is 400 g/mol. The normalized spacial score (nSPS) is 24.1. The topological polar surface area (TPSA) is 53.1 Å². The van der Waals surface area contributed by atoms with Crippen molar-refractivity contribution in [3.05, 3.63) is 59.1 Å². The molecule has 0 bridgehead atoms. The van der Waals surface area contributed by atoms with Crippen LogP contribution in [0.5, 0.6) is 0 Å². The second-order valence-electron chi connectivity index (χ2n) is 7.21. The maximum absolute atomic E-state index is 13.0. The summed E-state index contributed by atoms with van der Waals surface area (Å²) in [6.45, 7) is 2.15. The van der Waals surface area contributed by atoms with E-state index in [9.17, 15) is 9.59 Å². The molecule has 2 aromatic carbocycles. The third kappa shape index (κ3) is 2.93. The fraction of sp³-hybridized carbons (Fsp3) is 0.333. The van der Waals surface area contributed by atoms with Crippen LogP contribution < -0.4 is 9.96 Å². The number of halogens is 1. The number of amides is 2. The quantitative estimate of drug-likeness (QED) is 0.738. The van der Waals surface area contributed by atoms with Gasteiger partial charge in [-0.05, 0) is 48.9 Å². The van der Waals surface area contributed by atoms with Gasteiger partial charge in [0, 0.05) is 31.4 Å². The van der Waals surface area contributed by atoms with Crippen LogP contribution in [0.3, 0.4) is 0 Å². The van der Waals surface area contributed by atoms with Gasteiger partial charge >= 0.3 is 0 Å². The molecule has 4 rings (SSSR count). The lowest BCUT2D eigenvalue weighted by atomic mass is 9.90. The van der Waals surface area contributed by atoms with Crippen LogP contribution >= 0.6 is 11.6 Å². The Labute approximate surface area is 169 Å². The van der Waals surface area contributed by atoms with Gasteiger partial charge in [0.15, 0.2) is 6.10 Å². The Bertz CT molecular complexity index is 898. The Kier molecular flexibility index (Phi) is 4.77. The third-order valence-corrected chi connectivity index (χ3v) is 5.61. The molecular weight excluding hydrogens is 378 g/mol. The molecule has 2 heterocycles. The molecule has 0 spiro atoms. The van der Waals surface area contributed by atoms with Crippen LogP contribution in [0.25, 0.3) is 0 Å². The van der Waals surface area contributed by atoms with E-state index in [1.54, 1.807) is 24.1 Å². The number of rotatable bonds is 4. The first-order valence-corrected chi connectivity index (χ1v) is 9.64. The van der Waals surface area contributed by atoms with Gasteiger partial charge in [-0.15, -0.1) is 0 Å². The second kappa shape index (κ2) is 7.11. The summed E-state index contributed by atoms with van der Waals surface area (Å²) in [5.41, 5.74) is 2.73. The monoisotopic (exact) mass is 399 g/mol. The number of imide groups is 1. The maximum atomic E-state index is 13.0. The molecule has 7 heteroatoms. The lowest BCUT2D eigenvalue weighted by Crippen LogP contribution is -2.37. The van der Waals surface area contributed by atoms with E-state index in [1.807, 2.05) is 55.4 Å². The summed E-state index contributed by atoms with van der Waals surface area (Å²) in [6, 6.07) is 14.8. The van der Waals surface area contributed by atoms with E-state index in [2.05, 4.69) is 0 Å². The zero-order valence-electron chi connectivity index (χ0n) is 16.0. The Balaban J connectivity index is 1.77. The van der Waals surface area contributed by atoms with E-state index >= 15 is 0 Å². The van der Waals surface area contributed by atoms with Gasteiger partial charge in [-0.2, -0.15) is 0 Å². The highest BCUT2D eigenvalue weighted by Gasteiger charge is 2.59. The zero-order valence-corrected chi connectivity index (χ0v) is 16.8. The van der Waals surface area contributed by atoms with Gasteiger partial charge in [0.1, 0.15) is 5.92 Å². The van der Waals surface area contributed by atoms with Gasteiger partial charge in [0.2, 0.25) is 5.91 Å². The van der Waals surface area contributed by atoms with Crippen LogP contribution in [0.1, 0.15) is 18.5 Å². The summed E-state index contributed by atoms with van der Waals surface area (Å²) in [4.78, 5) is 35.0. The minimum Gasteiger partial charge on any atom is -0.378 e. The van der Waals surface area contributed by atoms with Crippen LogP contribution in [-0.2, 0) is 14.4 Å². The molecule has 0 radical (unpaired) electrons. The molecule has 2 aliphatic heterocycles. The molecule has 6 nitrogen and oxygen atoms in total. The van der Waals surface area contributed by atoms with Gasteiger partial charge in [-0.3, -0.25) is 19.3 Å². The van der Waals surface area contributed by atoms with E-state index in [1.165, 1.54) is 4.90 Å². The van der Waals surface area contributed by atoms with Gasteiger partial charge in [-0.1, -0.05) is 23.7 Å². The SMILES string of the molecule is CCN1C(=O)C2ON(c3ccc(Cl)cc3)C(c3ccc(N(C)C)cc3)C2C1=O. The van der Waals surface area contributed by atoms with E-state index in [0.29, 0.717) is 11.6 Å². The lowest BCUT2D eigenvalue weighted by Gasteiger charge is -2.29. The van der Waals surface area contributed by atoms with Crippen LogP contribution in [-0.4, -0.2) is 43.5 Å². The van der Waals surface area contributed by atoms with Gasteiger partial charge in [-0.25, -0.2) is 5.06 Å². The highest BCUT2D eigenvalue weighted by Crippen LogP contribution is 2.46. The van der Waals surface area contributed by atoms with E-state index in [4.69, 9.17) is 16.4 Å². The van der Waals surface area contributed by atoms with E-state index in [-0.39, 0.29) is 11.8 Å². The number of nitrogens with zero attached hydrogens (tertiary/aromatic N) is 3. The molecule has 2 saturated heterocycles. The lowest BCUT2D eigenvalue weighted by molar-refractivity contribution is -0.142. The smallest absolute Gasteiger partial charge is 0.261 e. The number of anilines is 2. The largest absolute Gasteiger partial charge is 0.378 e. The summed E-state index contributed by atoms with van der Waals surface area (Å²) in [6.07, 6.45) is -0.804. The summed E-state index contributed by atoms with van der Waals surface area (Å²) >= 11 is 6.02. The highest BCUT2D eigenvalue weighted by molar-refractivity contribution is 6.30. The van der Waals surface area contributed by atoms with Crippen molar-refractivity contribution in [1.29, 1.82) is 0 Å². The Morgan fingerprint density at radius 2 is 1.64 bits per heavy atom. The predicted molar refractivity (Wildman–Crippen MR) is 108 cm³/mol. The van der Waals surface area contributed by atoms with Gasteiger partial charge in [0.25, 0.3) is 5.91 Å². The molecule has 28 heavy (non-hydrogen) atoms. The van der Waals surface area contributed by atoms with Crippen LogP contribution in [0.15, 0.2) is 48.5 Å². The van der Waals surface area contributed by atoms with Crippen molar-refractivity contribution >= 4 is 34.8 Å². The standard InChI is InChI=1S/C21H22ClN3O3/c1-4-24-20(26)17-18(13-5-9-15(10-6-13)23(2)3)25(28-19(17)21(24)27)16-11-7-14(22)8-12-16/h5-12,17-19H,4H2,1-3H3. The molecule has 3 atom stereocenters. The number of likely N-dealkylation sites (N-methyl/N-ethyl adjacent to an activating group) is 1. The number of hydroxylamine groups is 1. The molecule has 0 saturated carbocycles. The van der Waals surface area contributed by atoms with Crippen LogP contribution in [0.2, 0.25) is 5.02 Å². The van der Waals surface area contributed by atoms with Crippen molar-refractivity contribution < 1.29 is 14.4 Å². The summed E-state index contributed by atoms with van der Waals surface area (Å²) in [5, 5.41) is 2.29. The summed E-state index contributed by atoms with van der Waals surface area (Å²) in [5.74, 6) is -1.03. The molecule has 3 unspecified atom stereocenters. The number of fused-ring (bicyclic) bond motifs is 1. The number of carbonyl (C=O) groups is 2. The number of carbonyl (C=O) groups excluding carboxylic acids is 2. The molecule has 146 valence electrons. The molecule has 0 aliphatic carbocycles. The fourth-order valence-electron chi connectivity index (χ4n) is 3.90. The Morgan fingerprint density at radius 1 is 1.00 bits per heavy atom. The third-order valence-electron chi connectivity index (χ3n) is 5.36. The molecule has 0 N–H and O–H groups in total. The van der Waals surface area contributed by atoms with Crippen molar-refractivity contribution in [2.45, 2.75) is 19.1 Å². The Hall–Kier alpha value is -2.57. The number of hydrogen-bond acceptors (Lipinski definition) is 5. The summed E-state index contributed by atoms with van der Waals surface area (Å²) in [7, 11) is 3.95. The first-order valence-electron chi connectivity index (χ1n) is 9.26. The predicted octanol–water partition coefficient (Wildman–Crippen LogP) is 3.27. The van der Waals surface area contributed by atoms with Crippen LogP contribution in [0.4, 0.5) is 11.4 Å². The Morgan fingerprint density at radius 3 is 2.21 bits per heavy atom. The van der Waals surface area contributed by atoms with E-state index < -0.39 is 18.1 Å². The molecule has 2 aromatic rings. The number of benzene rings is 2. The first-order chi connectivity index (χ1) is 13.4. The molecule has 2 fully saturated rings. The van der Waals surface area contributed by atoms with Gasteiger partial charge in [0.05, 0.1) is 11.7 Å². The number of likely N-dealkylation sites (tertiary alicyclic amines) is 1. The fourth-order valence-corrected chi connectivity index (χ4v) is 4.03. The molecule has 2 amide bonds. The van der Waals surface area contributed by atoms with Crippen molar-refractivity contribution in [2.24, 2.45) is 5.92 Å². The average Bonchev–Trinajstić information content (AvgIpc) is 3.19. The van der Waals surface area contributed by atoms with Crippen LogP contribution in [0, 0.1) is 5.92 Å². The molecule has 0 aromatic heterocycles. The molecular formula is C21H22ClN3O3. The van der Waals surface area contributed by atoms with Crippen molar-refractivity contribution in [1.82, 2.24) is 4.90 Å². The van der Waals surface area contributed by atoms with E-state index in [0.717, 1.165) is 16.9 Å². The zero-order chi connectivity index (χ0) is 20.0. The first kappa shape index (κ1) is 18.8. The second-order valence-corrected chi connectivity index (χ2v) is 7.64.